The molecule has 1 fully saturated rings. The molecule has 1 N–H and O–H groups in total. The zero-order valence-electron chi connectivity index (χ0n) is 17.3. The first kappa shape index (κ1) is 21.3. The summed E-state index contributed by atoms with van der Waals surface area (Å²) in [5, 5.41) is 1.63. The van der Waals surface area contributed by atoms with Crippen molar-refractivity contribution in [2.45, 2.75) is 11.1 Å². The number of nitrogens with zero attached hydrogens (tertiary/aromatic N) is 2. The molecule has 0 saturated carbocycles. The van der Waals surface area contributed by atoms with E-state index < -0.39 is 15.7 Å². The second kappa shape index (κ2) is 9.05. The number of amides is 1. The Morgan fingerprint density at radius 3 is 1.90 bits per heavy atom. The highest BCUT2D eigenvalue weighted by Gasteiger charge is 2.27. The monoisotopic (exact) mass is 439 g/mol. The lowest BCUT2D eigenvalue weighted by Crippen LogP contribution is -2.54. The first-order valence-electron chi connectivity index (χ1n) is 10.1. The van der Waals surface area contributed by atoms with Crippen molar-refractivity contribution in [3.8, 4) is 0 Å². The van der Waals surface area contributed by atoms with Gasteiger partial charge in [-0.05, 0) is 23.3 Å². The predicted octanol–water partition coefficient (Wildman–Crippen LogP) is 2.74. The molecular weight excluding hydrogens is 414 g/mol. The molecule has 0 atom stereocenters. The Kier molecular flexibility index (Phi) is 6.22. The molecule has 0 unspecified atom stereocenters. The summed E-state index contributed by atoms with van der Waals surface area (Å²) in [6.07, 6.45) is 1.04. The Labute approximate surface area is 182 Å². The summed E-state index contributed by atoms with van der Waals surface area (Å²) < 4.78 is 28.3. The smallest absolute Gasteiger partial charge is 0.301 e. The molecule has 1 saturated heterocycles. The quantitative estimate of drug-likeness (QED) is 0.636. The second-order valence-electron chi connectivity index (χ2n) is 7.58. The van der Waals surface area contributed by atoms with Gasteiger partial charge in [0.2, 0.25) is 14.9 Å². The van der Waals surface area contributed by atoms with Crippen LogP contribution in [0.15, 0.2) is 82.3 Å². The van der Waals surface area contributed by atoms with E-state index in [1.165, 1.54) is 23.3 Å². The van der Waals surface area contributed by atoms with Crippen LogP contribution in [-0.4, -0.2) is 56.7 Å². The van der Waals surface area contributed by atoms with Gasteiger partial charge in [0.05, 0.1) is 6.04 Å². The van der Waals surface area contributed by atoms with Crippen molar-refractivity contribution in [2.75, 3.05) is 32.4 Å². The van der Waals surface area contributed by atoms with Crippen molar-refractivity contribution >= 4 is 15.7 Å². The lowest BCUT2D eigenvalue weighted by Gasteiger charge is -2.39. The van der Waals surface area contributed by atoms with Crippen molar-refractivity contribution in [1.29, 1.82) is 0 Å². The molecule has 0 bridgehead atoms. The van der Waals surface area contributed by atoms with E-state index in [9.17, 15) is 13.2 Å². The van der Waals surface area contributed by atoms with Crippen LogP contribution in [-0.2, 0) is 9.84 Å². The fourth-order valence-electron chi connectivity index (χ4n) is 3.82. The number of piperazine rings is 1. The number of hydrogen-bond acceptors (Lipinski definition) is 6. The average Bonchev–Trinajstić information content (AvgIpc) is 3.28. The van der Waals surface area contributed by atoms with E-state index in [1.807, 2.05) is 17.1 Å². The maximum atomic E-state index is 12.5. The van der Waals surface area contributed by atoms with E-state index in [-0.39, 0.29) is 16.9 Å². The molecule has 3 aromatic rings. The minimum absolute atomic E-state index is 0.0192. The van der Waals surface area contributed by atoms with Crippen molar-refractivity contribution in [1.82, 2.24) is 15.3 Å². The lowest BCUT2D eigenvalue weighted by molar-refractivity contribution is 0.0530. The predicted molar refractivity (Wildman–Crippen MR) is 117 cm³/mol. The number of rotatable bonds is 6. The van der Waals surface area contributed by atoms with Crippen LogP contribution in [0, 0.1) is 0 Å². The number of nitrogens with one attached hydrogen (secondary N) is 1. The molecule has 31 heavy (non-hydrogen) atoms. The van der Waals surface area contributed by atoms with Crippen LogP contribution in [0.2, 0.25) is 0 Å². The molecule has 1 aromatic heterocycles. The van der Waals surface area contributed by atoms with Crippen molar-refractivity contribution in [3.05, 3.63) is 89.7 Å². The highest BCUT2D eigenvalue weighted by Crippen LogP contribution is 2.29. The van der Waals surface area contributed by atoms with Crippen LogP contribution in [0.5, 0.6) is 0 Å². The van der Waals surface area contributed by atoms with Gasteiger partial charge in [-0.25, -0.2) is 13.4 Å². The second-order valence-corrected chi connectivity index (χ2v) is 9.53. The Bertz CT molecular complexity index is 1080. The largest absolute Gasteiger partial charge is 0.439 e. The van der Waals surface area contributed by atoms with Crippen LogP contribution in [0.4, 0.5) is 0 Å². The van der Waals surface area contributed by atoms with Gasteiger partial charge in [0.25, 0.3) is 0 Å². The molecule has 162 valence electrons. The third-order valence-corrected chi connectivity index (χ3v) is 6.29. The van der Waals surface area contributed by atoms with Gasteiger partial charge in [0, 0.05) is 32.4 Å². The summed E-state index contributed by atoms with van der Waals surface area (Å²) in [6.45, 7) is 2.81. The third-order valence-electron chi connectivity index (χ3n) is 5.34. The topological polar surface area (TPSA) is 82.9 Å². The van der Waals surface area contributed by atoms with Crippen molar-refractivity contribution in [3.63, 3.8) is 0 Å². The average molecular weight is 440 g/mol. The van der Waals surface area contributed by atoms with Gasteiger partial charge < -0.3 is 4.42 Å². The van der Waals surface area contributed by atoms with Gasteiger partial charge in [0.15, 0.2) is 5.76 Å². The van der Waals surface area contributed by atoms with E-state index in [4.69, 9.17) is 4.42 Å². The van der Waals surface area contributed by atoms with E-state index in [1.54, 1.807) is 0 Å². The summed E-state index contributed by atoms with van der Waals surface area (Å²) in [7, 11) is -3.49. The van der Waals surface area contributed by atoms with Gasteiger partial charge >= 0.3 is 5.91 Å². The number of hydrazine groups is 1. The van der Waals surface area contributed by atoms with Crippen LogP contribution in [0.25, 0.3) is 0 Å². The van der Waals surface area contributed by atoms with Gasteiger partial charge in [0.1, 0.15) is 0 Å². The zero-order chi connectivity index (χ0) is 21.8. The highest BCUT2D eigenvalue weighted by molar-refractivity contribution is 7.90. The number of hydrogen-bond donors (Lipinski definition) is 1. The molecule has 0 radical (unpaired) electrons. The standard InChI is InChI=1S/C23H25N3O4S/c1-31(28,29)21-13-12-20(30-21)23(27)24-26-16-14-25(15-17-26)22(18-8-4-2-5-9-18)19-10-6-3-7-11-19/h2-13,22H,14-17H2,1H3,(H,24,27). The van der Waals surface area contributed by atoms with Gasteiger partial charge in [-0.15, -0.1) is 0 Å². The number of carbonyl (C=O) groups is 1. The van der Waals surface area contributed by atoms with Crippen LogP contribution in [0.1, 0.15) is 27.7 Å². The third kappa shape index (κ3) is 5.04. The molecule has 1 aliphatic heterocycles. The number of sulfone groups is 1. The molecule has 0 aliphatic carbocycles. The first-order valence-corrected chi connectivity index (χ1v) is 12.0. The Balaban J connectivity index is 1.42. The fourth-order valence-corrected chi connectivity index (χ4v) is 4.37. The normalized spacial score (nSPS) is 15.8. The summed E-state index contributed by atoms with van der Waals surface area (Å²) in [5.74, 6) is -0.472. The molecule has 7 nitrogen and oxygen atoms in total. The van der Waals surface area contributed by atoms with Gasteiger partial charge in [-0.3, -0.25) is 15.1 Å². The minimum Gasteiger partial charge on any atom is -0.439 e. The summed E-state index contributed by atoms with van der Waals surface area (Å²) in [5.41, 5.74) is 5.28. The summed E-state index contributed by atoms with van der Waals surface area (Å²) >= 11 is 0. The highest BCUT2D eigenvalue weighted by atomic mass is 32.2. The van der Waals surface area contributed by atoms with Crippen molar-refractivity contribution in [2.24, 2.45) is 0 Å². The van der Waals surface area contributed by atoms with Crippen LogP contribution >= 0.6 is 0 Å². The van der Waals surface area contributed by atoms with Gasteiger partial charge in [-0.2, -0.15) is 0 Å². The fraction of sp³-hybridized carbons (Fsp3) is 0.261. The van der Waals surface area contributed by atoms with Crippen LogP contribution < -0.4 is 5.43 Å². The molecule has 2 heterocycles. The Morgan fingerprint density at radius 2 is 1.42 bits per heavy atom. The SMILES string of the molecule is CS(=O)(=O)c1ccc(C(=O)NN2CCN(C(c3ccccc3)c3ccccc3)CC2)o1. The maximum Gasteiger partial charge on any atom is 0.301 e. The number of benzene rings is 2. The molecule has 1 aliphatic rings. The first-order chi connectivity index (χ1) is 14.9. The summed E-state index contributed by atoms with van der Waals surface area (Å²) in [4.78, 5) is 14.9. The Morgan fingerprint density at radius 1 is 0.871 bits per heavy atom. The van der Waals surface area contributed by atoms with Crippen molar-refractivity contribution < 1.29 is 17.6 Å². The van der Waals surface area contributed by atoms with E-state index in [2.05, 4.69) is 58.9 Å². The zero-order valence-corrected chi connectivity index (χ0v) is 18.1. The van der Waals surface area contributed by atoms with E-state index >= 15 is 0 Å². The lowest BCUT2D eigenvalue weighted by atomic mass is 9.96. The molecule has 0 spiro atoms. The number of carbonyl (C=O) groups excluding carboxylic acids is 1. The van der Waals surface area contributed by atoms with Crippen LogP contribution in [0.3, 0.4) is 0 Å². The van der Waals surface area contributed by atoms with E-state index in [0.717, 1.165) is 19.3 Å². The maximum absolute atomic E-state index is 12.5. The van der Waals surface area contributed by atoms with Gasteiger partial charge in [-0.1, -0.05) is 60.7 Å². The minimum atomic E-state index is -3.49. The molecular formula is C23H25N3O4S. The van der Waals surface area contributed by atoms with E-state index in [0.29, 0.717) is 13.1 Å². The molecule has 4 rings (SSSR count). The molecule has 8 heteroatoms. The summed E-state index contributed by atoms with van der Waals surface area (Å²) in [6, 6.07) is 23.6. The Hall–Kier alpha value is -2.94. The number of furan rings is 1. The molecule has 2 aromatic carbocycles. The molecule has 1 amide bonds.